The number of rotatable bonds is 10. The predicted molar refractivity (Wildman–Crippen MR) is 101 cm³/mol. The highest BCUT2D eigenvalue weighted by molar-refractivity contribution is 4.85. The summed E-state index contributed by atoms with van der Waals surface area (Å²) in [5.41, 5.74) is -0.744. The quantitative estimate of drug-likeness (QED) is 0.502. The highest BCUT2D eigenvalue weighted by Crippen LogP contribution is 2.34. The molecule has 0 aromatic rings. The molecule has 0 aromatic heterocycles. The van der Waals surface area contributed by atoms with Crippen LogP contribution in [0.4, 0.5) is 0 Å². The minimum absolute atomic E-state index is 0.348. The Bertz CT molecular complexity index is 307. The fraction of sp³-hybridized carbons (Fsp3) is 1.00. The third-order valence-corrected chi connectivity index (χ3v) is 6.43. The fourth-order valence-corrected chi connectivity index (χ4v) is 4.52. The Hall–Kier alpha value is -0.0800. The first-order valence-corrected chi connectivity index (χ1v) is 10.3. The van der Waals surface area contributed by atoms with E-state index in [1.54, 1.807) is 0 Å². The summed E-state index contributed by atoms with van der Waals surface area (Å²) in [6.45, 7) is 13.3. The molecule has 1 rings (SSSR count). The average Bonchev–Trinajstić information content (AvgIpc) is 2.53. The van der Waals surface area contributed by atoms with Gasteiger partial charge in [0.05, 0.1) is 0 Å². The van der Waals surface area contributed by atoms with E-state index in [1.165, 1.54) is 38.5 Å². The van der Waals surface area contributed by atoms with Gasteiger partial charge in [0, 0.05) is 12.0 Å². The second kappa shape index (κ2) is 10.0. The lowest BCUT2D eigenvalue weighted by Crippen LogP contribution is -2.54. The van der Waals surface area contributed by atoms with Crippen molar-refractivity contribution < 1.29 is 5.11 Å². The van der Waals surface area contributed by atoms with Crippen molar-refractivity contribution in [3.8, 4) is 0 Å². The molecule has 2 unspecified atom stereocenters. The first kappa shape index (κ1) is 21.0. The fourth-order valence-electron chi connectivity index (χ4n) is 4.52. The highest BCUT2D eigenvalue weighted by Gasteiger charge is 2.33. The van der Waals surface area contributed by atoms with Gasteiger partial charge in [0.25, 0.3) is 0 Å². The maximum atomic E-state index is 11.0. The van der Waals surface area contributed by atoms with Crippen LogP contribution in [-0.4, -0.2) is 16.9 Å². The molecule has 0 heterocycles. The van der Waals surface area contributed by atoms with E-state index < -0.39 is 5.72 Å². The number of nitrogens with one attached hydrogen (secondary N) is 1. The maximum absolute atomic E-state index is 11.0. The van der Waals surface area contributed by atoms with Crippen LogP contribution in [0.25, 0.3) is 0 Å². The molecule has 0 spiro atoms. The van der Waals surface area contributed by atoms with Crippen LogP contribution >= 0.6 is 0 Å². The molecule has 1 aliphatic rings. The average molecular weight is 326 g/mol. The Morgan fingerprint density at radius 1 is 1.00 bits per heavy atom. The second-order valence-electron chi connectivity index (χ2n) is 8.61. The van der Waals surface area contributed by atoms with Gasteiger partial charge in [-0.2, -0.15) is 0 Å². The second-order valence-corrected chi connectivity index (χ2v) is 8.61. The van der Waals surface area contributed by atoms with Gasteiger partial charge in [0.1, 0.15) is 5.72 Å². The van der Waals surface area contributed by atoms with Crippen LogP contribution < -0.4 is 5.32 Å². The summed E-state index contributed by atoms with van der Waals surface area (Å²) in [7, 11) is 0. The molecule has 0 bridgehead atoms. The van der Waals surface area contributed by atoms with Crippen LogP contribution in [0.5, 0.6) is 0 Å². The zero-order chi connectivity index (χ0) is 17.5. The normalized spacial score (nSPS) is 23.5. The summed E-state index contributed by atoms with van der Waals surface area (Å²) in [5, 5.41) is 14.6. The number of hydrogen-bond acceptors (Lipinski definition) is 2. The number of hydrogen-bond donors (Lipinski definition) is 2. The third-order valence-electron chi connectivity index (χ3n) is 6.43. The highest BCUT2D eigenvalue weighted by atomic mass is 16.3. The molecular weight excluding hydrogens is 282 g/mol. The SMILES string of the molecule is CCC(CC[C@H](C)C1CCCCC1)C(C)(O)N[C@@H](CC)C(C)C. The summed E-state index contributed by atoms with van der Waals surface area (Å²) >= 11 is 0. The third kappa shape index (κ3) is 6.74. The van der Waals surface area contributed by atoms with Crippen LogP contribution in [-0.2, 0) is 0 Å². The Morgan fingerprint density at radius 3 is 2.09 bits per heavy atom. The van der Waals surface area contributed by atoms with Crippen molar-refractivity contribution in [3.63, 3.8) is 0 Å². The molecule has 0 amide bonds. The lowest BCUT2D eigenvalue weighted by molar-refractivity contribution is -0.0539. The van der Waals surface area contributed by atoms with E-state index >= 15 is 0 Å². The van der Waals surface area contributed by atoms with Gasteiger partial charge in [-0.1, -0.05) is 73.1 Å². The van der Waals surface area contributed by atoms with Crippen LogP contribution in [0, 0.1) is 23.7 Å². The largest absolute Gasteiger partial charge is 0.376 e. The summed E-state index contributed by atoms with van der Waals surface area (Å²) in [4.78, 5) is 0. The molecule has 2 nitrogen and oxygen atoms in total. The Balaban J connectivity index is 2.53. The molecule has 0 aliphatic heterocycles. The standard InChI is InChI=1S/C21H43NO/c1-7-19(21(6,23)22-20(8-2)16(3)4)15-14-17(5)18-12-10-9-11-13-18/h16-20,22-23H,7-15H2,1-6H3/t17-,19?,20-,21?/m0/s1. The molecule has 0 saturated heterocycles. The summed E-state index contributed by atoms with van der Waals surface area (Å²) in [6.07, 6.45) is 11.7. The minimum atomic E-state index is -0.744. The molecule has 1 saturated carbocycles. The van der Waals surface area contributed by atoms with Gasteiger partial charge in [-0.25, -0.2) is 0 Å². The molecule has 0 aromatic carbocycles. The molecular formula is C21H43NO. The van der Waals surface area contributed by atoms with E-state index in [0.717, 1.165) is 31.1 Å². The van der Waals surface area contributed by atoms with Gasteiger partial charge in [0.15, 0.2) is 0 Å². The monoisotopic (exact) mass is 325 g/mol. The van der Waals surface area contributed by atoms with E-state index in [-0.39, 0.29) is 0 Å². The molecule has 23 heavy (non-hydrogen) atoms. The Morgan fingerprint density at radius 2 is 1.61 bits per heavy atom. The van der Waals surface area contributed by atoms with Gasteiger partial charge >= 0.3 is 0 Å². The zero-order valence-corrected chi connectivity index (χ0v) is 16.7. The van der Waals surface area contributed by atoms with Crippen LogP contribution in [0.15, 0.2) is 0 Å². The van der Waals surface area contributed by atoms with E-state index in [4.69, 9.17) is 0 Å². The van der Waals surface area contributed by atoms with E-state index in [2.05, 4.69) is 39.9 Å². The Kier molecular flexibility index (Phi) is 9.15. The lowest BCUT2D eigenvalue weighted by atomic mass is 9.77. The van der Waals surface area contributed by atoms with Crippen LogP contribution in [0.2, 0.25) is 0 Å². The van der Waals surface area contributed by atoms with Crippen LogP contribution in [0.3, 0.4) is 0 Å². The van der Waals surface area contributed by atoms with Gasteiger partial charge in [-0.15, -0.1) is 0 Å². The van der Waals surface area contributed by atoms with Gasteiger partial charge < -0.3 is 5.11 Å². The van der Waals surface area contributed by atoms with Gasteiger partial charge in [-0.3, -0.25) is 5.32 Å². The van der Waals surface area contributed by atoms with Crippen molar-refractivity contribution >= 4 is 0 Å². The smallest absolute Gasteiger partial charge is 0.116 e. The van der Waals surface area contributed by atoms with Crippen molar-refractivity contribution in [2.75, 3.05) is 0 Å². The lowest BCUT2D eigenvalue weighted by Gasteiger charge is -2.39. The topological polar surface area (TPSA) is 32.3 Å². The van der Waals surface area contributed by atoms with Crippen molar-refractivity contribution in [2.24, 2.45) is 23.7 Å². The van der Waals surface area contributed by atoms with E-state index in [0.29, 0.717) is 17.9 Å². The van der Waals surface area contributed by atoms with Crippen molar-refractivity contribution in [1.82, 2.24) is 5.32 Å². The molecule has 1 aliphatic carbocycles. The Labute approximate surface area is 145 Å². The van der Waals surface area contributed by atoms with Crippen LogP contribution in [0.1, 0.15) is 99.3 Å². The molecule has 0 radical (unpaired) electrons. The van der Waals surface area contributed by atoms with E-state index in [1.807, 2.05) is 6.92 Å². The van der Waals surface area contributed by atoms with Gasteiger partial charge in [0.2, 0.25) is 0 Å². The summed E-state index contributed by atoms with van der Waals surface area (Å²) in [5.74, 6) is 2.65. The van der Waals surface area contributed by atoms with Crippen molar-refractivity contribution in [1.29, 1.82) is 0 Å². The molecule has 1 fully saturated rings. The van der Waals surface area contributed by atoms with E-state index in [9.17, 15) is 5.11 Å². The molecule has 2 N–H and O–H groups in total. The molecule has 138 valence electrons. The first-order valence-electron chi connectivity index (χ1n) is 10.3. The predicted octanol–water partition coefficient (Wildman–Crippen LogP) is 5.74. The summed E-state index contributed by atoms with van der Waals surface area (Å²) < 4.78 is 0. The minimum Gasteiger partial charge on any atom is -0.376 e. The zero-order valence-electron chi connectivity index (χ0n) is 16.7. The van der Waals surface area contributed by atoms with Gasteiger partial charge in [-0.05, 0) is 43.9 Å². The molecule has 2 heteroatoms. The maximum Gasteiger partial charge on any atom is 0.116 e. The van der Waals surface area contributed by atoms with Crippen molar-refractivity contribution in [3.05, 3.63) is 0 Å². The van der Waals surface area contributed by atoms with Crippen molar-refractivity contribution in [2.45, 2.75) is 111 Å². The number of aliphatic hydroxyl groups is 1. The first-order chi connectivity index (χ1) is 10.8. The summed E-state index contributed by atoms with van der Waals surface area (Å²) in [6, 6.07) is 0.398. The molecule has 4 atom stereocenters.